The Bertz CT molecular complexity index is 822. The second-order valence-electron chi connectivity index (χ2n) is 5.21. The van der Waals surface area contributed by atoms with Gasteiger partial charge in [-0.1, -0.05) is 12.1 Å². The van der Waals surface area contributed by atoms with Crippen LogP contribution in [0.15, 0.2) is 42.0 Å². The monoisotopic (exact) mass is 328 g/mol. The molecule has 1 aromatic carbocycles. The minimum absolute atomic E-state index is 0.234. The van der Waals surface area contributed by atoms with Gasteiger partial charge in [0.15, 0.2) is 4.96 Å². The average Bonchev–Trinajstić information content (AvgIpc) is 3.08. The number of amides is 2. The van der Waals surface area contributed by atoms with E-state index >= 15 is 0 Å². The van der Waals surface area contributed by atoms with Crippen LogP contribution in [0.1, 0.15) is 13.8 Å². The maximum atomic E-state index is 11.9. The van der Waals surface area contributed by atoms with E-state index in [1.807, 2.05) is 46.4 Å². The molecule has 118 valence electrons. The van der Waals surface area contributed by atoms with E-state index in [-0.39, 0.29) is 11.8 Å². The van der Waals surface area contributed by atoms with Crippen molar-refractivity contribution in [2.75, 3.05) is 5.32 Å². The molecule has 1 atom stereocenters. The number of hydrogen-bond acceptors (Lipinski definition) is 4. The van der Waals surface area contributed by atoms with Crippen molar-refractivity contribution in [3.05, 3.63) is 42.0 Å². The summed E-state index contributed by atoms with van der Waals surface area (Å²) in [5.41, 5.74) is 2.55. The van der Waals surface area contributed by atoms with Gasteiger partial charge < -0.3 is 10.6 Å². The van der Waals surface area contributed by atoms with Gasteiger partial charge in [0.25, 0.3) is 0 Å². The van der Waals surface area contributed by atoms with E-state index in [1.165, 1.54) is 6.92 Å². The molecule has 7 heteroatoms. The third kappa shape index (κ3) is 3.40. The highest BCUT2D eigenvalue weighted by atomic mass is 32.1. The molecule has 6 nitrogen and oxygen atoms in total. The van der Waals surface area contributed by atoms with Gasteiger partial charge in [-0.25, -0.2) is 4.98 Å². The van der Waals surface area contributed by atoms with Crippen molar-refractivity contribution in [3.63, 3.8) is 0 Å². The van der Waals surface area contributed by atoms with Crippen LogP contribution in [0.5, 0.6) is 0 Å². The molecular weight excluding hydrogens is 312 g/mol. The first kappa shape index (κ1) is 15.2. The lowest BCUT2D eigenvalue weighted by atomic mass is 10.1. The Balaban J connectivity index is 1.70. The number of hydrogen-bond donors (Lipinski definition) is 2. The molecule has 0 spiro atoms. The van der Waals surface area contributed by atoms with Crippen molar-refractivity contribution >= 4 is 33.8 Å². The number of aromatic nitrogens is 2. The summed E-state index contributed by atoms with van der Waals surface area (Å²) in [7, 11) is 0. The van der Waals surface area contributed by atoms with Gasteiger partial charge in [0.1, 0.15) is 6.04 Å². The largest absolute Gasteiger partial charge is 0.345 e. The number of carbonyl (C=O) groups is 2. The van der Waals surface area contributed by atoms with Gasteiger partial charge in [0.05, 0.1) is 5.69 Å². The van der Waals surface area contributed by atoms with Crippen LogP contribution in [0.25, 0.3) is 16.2 Å². The normalized spacial score (nSPS) is 12.1. The molecule has 0 saturated heterocycles. The molecule has 2 aromatic heterocycles. The minimum Gasteiger partial charge on any atom is -0.345 e. The summed E-state index contributed by atoms with van der Waals surface area (Å²) in [6, 6.07) is 6.88. The van der Waals surface area contributed by atoms with Crippen molar-refractivity contribution in [1.82, 2.24) is 14.7 Å². The molecule has 0 fully saturated rings. The topological polar surface area (TPSA) is 75.5 Å². The van der Waals surface area contributed by atoms with Crippen LogP contribution in [0.2, 0.25) is 0 Å². The van der Waals surface area contributed by atoms with Crippen molar-refractivity contribution in [3.8, 4) is 11.3 Å². The van der Waals surface area contributed by atoms with E-state index in [0.717, 1.165) is 16.2 Å². The van der Waals surface area contributed by atoms with Crippen LogP contribution in [0.3, 0.4) is 0 Å². The predicted molar refractivity (Wildman–Crippen MR) is 90.4 cm³/mol. The van der Waals surface area contributed by atoms with Crippen molar-refractivity contribution in [1.29, 1.82) is 0 Å². The fraction of sp³-hybridized carbons (Fsp3) is 0.188. The molecule has 0 aliphatic carbocycles. The number of benzene rings is 1. The summed E-state index contributed by atoms with van der Waals surface area (Å²) >= 11 is 1.58. The maximum absolute atomic E-state index is 11.9. The van der Waals surface area contributed by atoms with E-state index in [1.54, 1.807) is 18.3 Å². The SMILES string of the molecule is CC(=O)N[C@H](C)C(=O)Nc1ccc(-c2cn3ccsc3n2)cc1. The van der Waals surface area contributed by atoms with Gasteiger partial charge in [-0.3, -0.25) is 14.0 Å². The van der Waals surface area contributed by atoms with Crippen LogP contribution in [-0.4, -0.2) is 27.2 Å². The molecule has 0 aliphatic rings. The zero-order valence-corrected chi connectivity index (χ0v) is 13.6. The third-order valence-electron chi connectivity index (χ3n) is 3.35. The van der Waals surface area contributed by atoms with Crippen LogP contribution in [0, 0.1) is 0 Å². The van der Waals surface area contributed by atoms with E-state index in [9.17, 15) is 9.59 Å². The highest BCUT2D eigenvalue weighted by molar-refractivity contribution is 7.15. The number of imidazole rings is 1. The zero-order valence-electron chi connectivity index (χ0n) is 12.7. The second-order valence-corrected chi connectivity index (χ2v) is 6.08. The van der Waals surface area contributed by atoms with Crippen molar-refractivity contribution < 1.29 is 9.59 Å². The Morgan fingerprint density at radius 1 is 1.26 bits per heavy atom. The average molecular weight is 328 g/mol. The van der Waals surface area contributed by atoms with Crippen LogP contribution >= 0.6 is 11.3 Å². The number of rotatable bonds is 4. The standard InChI is InChI=1S/C16H16N4O2S/c1-10(17-11(2)21)15(22)18-13-5-3-12(4-6-13)14-9-20-7-8-23-16(20)19-14/h3-10H,1-2H3,(H,17,21)(H,18,22)/t10-/m1/s1. The van der Waals surface area contributed by atoms with Crippen LogP contribution in [-0.2, 0) is 9.59 Å². The fourth-order valence-corrected chi connectivity index (χ4v) is 2.91. The van der Waals surface area contributed by atoms with Crippen molar-refractivity contribution in [2.24, 2.45) is 0 Å². The molecule has 2 heterocycles. The quantitative estimate of drug-likeness (QED) is 0.773. The first-order valence-corrected chi connectivity index (χ1v) is 8.01. The van der Waals surface area contributed by atoms with Gasteiger partial charge in [0, 0.05) is 35.9 Å². The Hall–Kier alpha value is -2.67. The van der Waals surface area contributed by atoms with Gasteiger partial charge in [-0.15, -0.1) is 11.3 Å². The fourth-order valence-electron chi connectivity index (χ4n) is 2.21. The number of anilines is 1. The molecule has 0 radical (unpaired) electrons. The van der Waals surface area contributed by atoms with E-state index in [2.05, 4.69) is 15.6 Å². The number of fused-ring (bicyclic) bond motifs is 1. The molecular formula is C16H16N4O2S. The molecule has 0 bridgehead atoms. The summed E-state index contributed by atoms with van der Waals surface area (Å²) in [4.78, 5) is 28.4. The molecule has 2 N–H and O–H groups in total. The van der Waals surface area contributed by atoms with Gasteiger partial charge >= 0.3 is 0 Å². The molecule has 3 aromatic rings. The molecule has 0 unspecified atom stereocenters. The third-order valence-corrected chi connectivity index (χ3v) is 4.13. The number of nitrogens with one attached hydrogen (secondary N) is 2. The maximum Gasteiger partial charge on any atom is 0.246 e. The lowest BCUT2D eigenvalue weighted by Gasteiger charge is -2.12. The number of nitrogens with zero attached hydrogens (tertiary/aromatic N) is 2. The van der Waals surface area contributed by atoms with Gasteiger partial charge in [0.2, 0.25) is 11.8 Å². The van der Waals surface area contributed by atoms with E-state index in [4.69, 9.17) is 0 Å². The molecule has 0 aliphatic heterocycles. The highest BCUT2D eigenvalue weighted by Gasteiger charge is 2.13. The summed E-state index contributed by atoms with van der Waals surface area (Å²) < 4.78 is 1.98. The first-order valence-electron chi connectivity index (χ1n) is 7.13. The Morgan fingerprint density at radius 2 is 2.00 bits per heavy atom. The van der Waals surface area contributed by atoms with E-state index in [0.29, 0.717) is 5.69 Å². The Kier molecular flexibility index (Phi) is 4.12. The summed E-state index contributed by atoms with van der Waals surface area (Å²) in [6.07, 6.45) is 3.94. The lowest BCUT2D eigenvalue weighted by molar-refractivity contribution is -0.124. The Labute approximate surface area is 137 Å². The molecule has 3 rings (SSSR count). The smallest absolute Gasteiger partial charge is 0.246 e. The highest BCUT2D eigenvalue weighted by Crippen LogP contribution is 2.23. The van der Waals surface area contributed by atoms with Crippen molar-refractivity contribution in [2.45, 2.75) is 19.9 Å². The summed E-state index contributed by atoms with van der Waals surface area (Å²) in [5.74, 6) is -0.488. The van der Waals surface area contributed by atoms with E-state index < -0.39 is 6.04 Å². The predicted octanol–water partition coefficient (Wildman–Crippen LogP) is 2.53. The first-order chi connectivity index (χ1) is 11.0. The Morgan fingerprint density at radius 3 is 2.65 bits per heavy atom. The van der Waals surface area contributed by atoms with Gasteiger partial charge in [-0.2, -0.15) is 0 Å². The van der Waals surface area contributed by atoms with Crippen LogP contribution in [0.4, 0.5) is 5.69 Å². The second kappa shape index (κ2) is 6.21. The van der Waals surface area contributed by atoms with Crippen LogP contribution < -0.4 is 10.6 Å². The number of carbonyl (C=O) groups excluding carboxylic acids is 2. The molecule has 2 amide bonds. The zero-order chi connectivity index (χ0) is 16.4. The minimum atomic E-state index is -0.577. The number of thiazole rings is 1. The molecule has 23 heavy (non-hydrogen) atoms. The lowest BCUT2D eigenvalue weighted by Crippen LogP contribution is -2.40. The van der Waals surface area contributed by atoms with Gasteiger partial charge in [-0.05, 0) is 19.1 Å². The summed E-state index contributed by atoms with van der Waals surface area (Å²) in [5, 5.41) is 7.31. The summed E-state index contributed by atoms with van der Waals surface area (Å²) in [6.45, 7) is 3.03. The molecule has 0 saturated carbocycles.